The van der Waals surface area contributed by atoms with Gasteiger partial charge in [0.2, 0.25) is 0 Å². The zero-order valence-electron chi connectivity index (χ0n) is 17.5. The third-order valence-electron chi connectivity index (χ3n) is 5.97. The molecular weight excluding hydrogens is 370 g/mol. The summed E-state index contributed by atoms with van der Waals surface area (Å²) < 4.78 is 6.27. The van der Waals surface area contributed by atoms with Crippen molar-refractivity contribution < 1.29 is 9.53 Å². The second-order valence-corrected chi connectivity index (χ2v) is 8.10. The van der Waals surface area contributed by atoms with E-state index in [9.17, 15) is 4.79 Å². The van der Waals surface area contributed by atoms with Crippen molar-refractivity contribution in [3.8, 4) is 0 Å². The van der Waals surface area contributed by atoms with Crippen LogP contribution in [0.4, 0.5) is 0 Å². The summed E-state index contributed by atoms with van der Waals surface area (Å²) >= 11 is 0. The van der Waals surface area contributed by atoms with E-state index in [-0.39, 0.29) is 18.2 Å². The number of likely N-dealkylation sites (tertiary alicyclic amines) is 1. The summed E-state index contributed by atoms with van der Waals surface area (Å²) in [6, 6.07) is 31.2. The summed E-state index contributed by atoms with van der Waals surface area (Å²) in [7, 11) is 0. The van der Waals surface area contributed by atoms with Gasteiger partial charge < -0.3 is 4.74 Å². The van der Waals surface area contributed by atoms with Crippen LogP contribution in [0.5, 0.6) is 0 Å². The maximum absolute atomic E-state index is 12.8. The highest BCUT2D eigenvalue weighted by Gasteiger charge is 2.38. The predicted octanol–water partition coefficient (Wildman–Crippen LogP) is 5.57. The van der Waals surface area contributed by atoms with Gasteiger partial charge in [0.15, 0.2) is 0 Å². The van der Waals surface area contributed by atoms with Crippen molar-refractivity contribution in [2.75, 3.05) is 0 Å². The minimum Gasteiger partial charge on any atom is -0.372 e. The van der Waals surface area contributed by atoms with Crippen LogP contribution in [-0.4, -0.2) is 22.8 Å². The number of Topliss-reactive ketones (excluding diaryl/α,β-unsaturated/α-hetero) is 1. The van der Waals surface area contributed by atoms with E-state index in [1.54, 1.807) is 0 Å². The number of carbonyl (C=O) groups is 1. The largest absolute Gasteiger partial charge is 0.372 e. The molecule has 3 atom stereocenters. The van der Waals surface area contributed by atoms with Crippen LogP contribution in [-0.2, 0) is 22.7 Å². The van der Waals surface area contributed by atoms with Crippen LogP contribution in [0.15, 0.2) is 91.0 Å². The first-order valence-corrected chi connectivity index (χ1v) is 10.7. The van der Waals surface area contributed by atoms with Crippen LogP contribution in [0.1, 0.15) is 42.5 Å². The quantitative estimate of drug-likeness (QED) is 0.520. The van der Waals surface area contributed by atoms with E-state index in [1.165, 1.54) is 11.1 Å². The summed E-state index contributed by atoms with van der Waals surface area (Å²) in [4.78, 5) is 15.2. The summed E-state index contributed by atoms with van der Waals surface area (Å²) in [5, 5.41) is 0. The van der Waals surface area contributed by atoms with Crippen molar-refractivity contribution in [1.29, 1.82) is 0 Å². The molecule has 0 unspecified atom stereocenters. The molecule has 1 saturated heterocycles. The molecule has 0 amide bonds. The second-order valence-electron chi connectivity index (χ2n) is 8.10. The molecule has 30 heavy (non-hydrogen) atoms. The van der Waals surface area contributed by atoms with Gasteiger partial charge in [0, 0.05) is 31.5 Å². The van der Waals surface area contributed by atoms with Gasteiger partial charge in [-0.3, -0.25) is 9.69 Å². The number of hydrogen-bond donors (Lipinski definition) is 0. The molecule has 1 fully saturated rings. The molecule has 0 saturated carbocycles. The Kier molecular flexibility index (Phi) is 6.73. The molecule has 3 aromatic rings. The summed E-state index contributed by atoms with van der Waals surface area (Å²) in [6.45, 7) is 3.46. The Labute approximate surface area is 179 Å². The fourth-order valence-electron chi connectivity index (χ4n) is 4.35. The standard InChI is InChI=1S/C27H29NO2/c1-21(30-20-23-13-7-3-8-14-23)26-17-25(29)18-27(24-15-9-4-10-16-24)28(26)19-22-11-5-2-6-12-22/h2-16,21,26-27H,17-20H2,1H3/t21-,26-,27-/m0/s1. The van der Waals surface area contributed by atoms with Gasteiger partial charge in [-0.1, -0.05) is 91.0 Å². The van der Waals surface area contributed by atoms with Gasteiger partial charge in [0.25, 0.3) is 0 Å². The molecule has 0 N–H and O–H groups in total. The number of ether oxygens (including phenoxy) is 1. The molecular formula is C27H29NO2. The van der Waals surface area contributed by atoms with Crippen LogP contribution in [0, 0.1) is 0 Å². The lowest BCUT2D eigenvalue weighted by atomic mass is 9.87. The highest BCUT2D eigenvalue weighted by molar-refractivity contribution is 5.81. The van der Waals surface area contributed by atoms with Crippen LogP contribution in [0.25, 0.3) is 0 Å². The number of hydrogen-bond acceptors (Lipinski definition) is 3. The number of nitrogens with zero attached hydrogens (tertiary/aromatic N) is 1. The van der Waals surface area contributed by atoms with Crippen LogP contribution < -0.4 is 0 Å². The molecule has 3 aromatic carbocycles. The third kappa shape index (κ3) is 5.05. The lowest BCUT2D eigenvalue weighted by molar-refractivity contribution is -0.131. The molecule has 154 valence electrons. The number of piperidine rings is 1. The van der Waals surface area contributed by atoms with Crippen LogP contribution in [0.3, 0.4) is 0 Å². The molecule has 0 aromatic heterocycles. The molecule has 0 aliphatic carbocycles. The number of ketones is 1. The molecule has 3 nitrogen and oxygen atoms in total. The Bertz CT molecular complexity index is 927. The van der Waals surface area contributed by atoms with E-state index in [0.29, 0.717) is 25.2 Å². The SMILES string of the molecule is C[C@H](OCc1ccccc1)[C@@H]1CC(=O)C[C@@H](c2ccccc2)N1Cc1ccccc1. The molecule has 4 rings (SSSR count). The van der Waals surface area contributed by atoms with Gasteiger partial charge in [-0.05, 0) is 23.6 Å². The van der Waals surface area contributed by atoms with Crippen molar-refractivity contribution in [2.45, 2.75) is 51.1 Å². The number of benzene rings is 3. The average molecular weight is 400 g/mol. The van der Waals surface area contributed by atoms with E-state index >= 15 is 0 Å². The molecule has 1 aliphatic rings. The molecule has 1 heterocycles. The lowest BCUT2D eigenvalue weighted by Gasteiger charge is -2.44. The maximum atomic E-state index is 12.8. The normalized spacial score (nSPS) is 20.8. The third-order valence-corrected chi connectivity index (χ3v) is 5.97. The zero-order valence-corrected chi connectivity index (χ0v) is 17.5. The van der Waals surface area contributed by atoms with Crippen molar-refractivity contribution in [2.24, 2.45) is 0 Å². The Balaban J connectivity index is 1.58. The lowest BCUT2D eigenvalue weighted by Crippen LogP contribution is -2.50. The fraction of sp³-hybridized carbons (Fsp3) is 0.296. The fourth-order valence-corrected chi connectivity index (χ4v) is 4.35. The van der Waals surface area contributed by atoms with Gasteiger partial charge >= 0.3 is 0 Å². The van der Waals surface area contributed by atoms with Crippen LogP contribution in [0.2, 0.25) is 0 Å². The summed E-state index contributed by atoms with van der Waals surface area (Å²) in [5.41, 5.74) is 3.61. The van der Waals surface area contributed by atoms with E-state index in [4.69, 9.17) is 4.74 Å². The van der Waals surface area contributed by atoms with E-state index < -0.39 is 0 Å². The summed E-state index contributed by atoms with van der Waals surface area (Å²) in [6.07, 6.45) is 1.04. The average Bonchev–Trinajstić information content (AvgIpc) is 2.80. The van der Waals surface area contributed by atoms with Crippen molar-refractivity contribution in [3.05, 3.63) is 108 Å². The van der Waals surface area contributed by atoms with Gasteiger partial charge in [0.1, 0.15) is 5.78 Å². The van der Waals surface area contributed by atoms with Gasteiger partial charge in [-0.25, -0.2) is 0 Å². The van der Waals surface area contributed by atoms with Crippen molar-refractivity contribution in [3.63, 3.8) is 0 Å². The Morgan fingerprint density at radius 3 is 2.03 bits per heavy atom. The van der Waals surface area contributed by atoms with Crippen molar-refractivity contribution >= 4 is 5.78 Å². The second kappa shape index (κ2) is 9.84. The smallest absolute Gasteiger partial charge is 0.136 e. The molecule has 0 radical (unpaired) electrons. The molecule has 0 bridgehead atoms. The first-order chi connectivity index (χ1) is 14.7. The first-order valence-electron chi connectivity index (χ1n) is 10.7. The number of rotatable bonds is 7. The van der Waals surface area contributed by atoms with Gasteiger partial charge in [-0.15, -0.1) is 0 Å². The van der Waals surface area contributed by atoms with Crippen LogP contribution >= 0.6 is 0 Å². The summed E-state index contributed by atoms with van der Waals surface area (Å²) in [5.74, 6) is 0.313. The Hall–Kier alpha value is -2.75. The predicted molar refractivity (Wildman–Crippen MR) is 120 cm³/mol. The van der Waals surface area contributed by atoms with E-state index in [0.717, 1.165) is 12.1 Å². The van der Waals surface area contributed by atoms with Gasteiger partial charge in [0.05, 0.1) is 12.7 Å². The maximum Gasteiger partial charge on any atom is 0.136 e. The Morgan fingerprint density at radius 2 is 1.40 bits per heavy atom. The van der Waals surface area contributed by atoms with E-state index in [1.807, 2.05) is 30.3 Å². The topological polar surface area (TPSA) is 29.5 Å². The molecule has 1 aliphatic heterocycles. The van der Waals surface area contributed by atoms with E-state index in [2.05, 4.69) is 72.5 Å². The molecule has 3 heteroatoms. The molecule has 0 spiro atoms. The minimum atomic E-state index is -0.0515. The highest BCUT2D eigenvalue weighted by atomic mass is 16.5. The minimum absolute atomic E-state index is 0.0420. The Morgan fingerprint density at radius 1 is 0.833 bits per heavy atom. The highest BCUT2D eigenvalue weighted by Crippen LogP contribution is 2.36. The monoisotopic (exact) mass is 399 g/mol. The van der Waals surface area contributed by atoms with Crippen molar-refractivity contribution in [1.82, 2.24) is 4.90 Å². The van der Waals surface area contributed by atoms with Gasteiger partial charge in [-0.2, -0.15) is 0 Å². The zero-order chi connectivity index (χ0) is 20.8. The number of carbonyl (C=O) groups excluding carboxylic acids is 1. The first kappa shape index (κ1) is 20.5.